The molecule has 1 aromatic carbocycles. The van der Waals surface area contributed by atoms with E-state index < -0.39 is 15.9 Å². The van der Waals surface area contributed by atoms with E-state index in [9.17, 15) is 13.2 Å². The van der Waals surface area contributed by atoms with Crippen LogP contribution in [0.3, 0.4) is 0 Å². The Labute approximate surface area is 141 Å². The average molecular weight is 351 g/mol. The van der Waals surface area contributed by atoms with Crippen molar-refractivity contribution in [3.63, 3.8) is 0 Å². The van der Waals surface area contributed by atoms with Gasteiger partial charge in [-0.05, 0) is 19.1 Å². The van der Waals surface area contributed by atoms with E-state index in [0.717, 1.165) is 9.87 Å². The second-order valence-electron chi connectivity index (χ2n) is 5.34. The van der Waals surface area contributed by atoms with Crippen molar-refractivity contribution in [2.24, 2.45) is 12.8 Å². The van der Waals surface area contributed by atoms with Gasteiger partial charge in [0.15, 0.2) is 5.82 Å². The molecule has 24 heavy (non-hydrogen) atoms. The van der Waals surface area contributed by atoms with Crippen molar-refractivity contribution in [2.75, 3.05) is 24.4 Å². The van der Waals surface area contributed by atoms with Crippen LogP contribution in [0.4, 0.5) is 5.82 Å². The van der Waals surface area contributed by atoms with Crippen LogP contribution in [0, 0.1) is 6.92 Å². The number of nitrogens with zero attached hydrogens (tertiary/aromatic N) is 3. The highest BCUT2D eigenvalue weighted by Crippen LogP contribution is 2.25. The lowest BCUT2D eigenvalue weighted by atomic mass is 10.2. The van der Waals surface area contributed by atoms with Gasteiger partial charge in [-0.25, -0.2) is 8.42 Å². The molecule has 0 aliphatic carbocycles. The zero-order chi connectivity index (χ0) is 17.9. The molecule has 2 aromatic rings. The Morgan fingerprint density at radius 2 is 1.96 bits per heavy atom. The lowest BCUT2D eigenvalue weighted by Gasteiger charge is -2.21. The van der Waals surface area contributed by atoms with Crippen molar-refractivity contribution < 1.29 is 13.2 Å². The van der Waals surface area contributed by atoms with Gasteiger partial charge in [-0.15, -0.1) is 0 Å². The van der Waals surface area contributed by atoms with Crippen molar-refractivity contribution in [3.05, 3.63) is 41.6 Å². The molecule has 0 aliphatic heterocycles. The van der Waals surface area contributed by atoms with Crippen LogP contribution in [0.2, 0.25) is 0 Å². The zero-order valence-electron chi connectivity index (χ0n) is 13.9. The monoisotopic (exact) mass is 351 g/mol. The molecule has 1 aromatic heterocycles. The fourth-order valence-electron chi connectivity index (χ4n) is 2.23. The van der Waals surface area contributed by atoms with Crippen LogP contribution >= 0.6 is 0 Å². The summed E-state index contributed by atoms with van der Waals surface area (Å²) in [6, 6.07) is 6.51. The maximum Gasteiger partial charge on any atom is 0.265 e. The molecule has 0 bridgehead atoms. The number of aryl methyl sites for hydroxylation is 2. The van der Waals surface area contributed by atoms with Crippen LogP contribution in [0.1, 0.15) is 15.9 Å². The normalized spacial score (nSPS) is 11.3. The highest BCUT2D eigenvalue weighted by molar-refractivity contribution is 7.92. The van der Waals surface area contributed by atoms with Gasteiger partial charge in [0.1, 0.15) is 5.56 Å². The van der Waals surface area contributed by atoms with Crippen molar-refractivity contribution >= 4 is 21.7 Å². The number of hydrogen-bond acceptors (Lipinski definition) is 5. The van der Waals surface area contributed by atoms with Gasteiger partial charge in [0, 0.05) is 27.2 Å². The minimum absolute atomic E-state index is 0.144. The smallest absolute Gasteiger partial charge is 0.265 e. The van der Waals surface area contributed by atoms with E-state index >= 15 is 0 Å². The Morgan fingerprint density at radius 1 is 1.33 bits per heavy atom. The topological polar surface area (TPSA) is 110 Å². The van der Waals surface area contributed by atoms with E-state index in [1.807, 2.05) is 6.92 Å². The Morgan fingerprint density at radius 3 is 2.54 bits per heavy atom. The van der Waals surface area contributed by atoms with Crippen molar-refractivity contribution in [3.8, 4) is 0 Å². The average Bonchev–Trinajstić information content (AvgIpc) is 2.93. The molecule has 8 nitrogen and oxygen atoms in total. The zero-order valence-corrected chi connectivity index (χ0v) is 14.7. The highest BCUT2D eigenvalue weighted by atomic mass is 32.2. The van der Waals surface area contributed by atoms with E-state index in [0.29, 0.717) is 13.1 Å². The Balaban J connectivity index is 2.42. The summed E-state index contributed by atoms with van der Waals surface area (Å²) in [5.41, 5.74) is 6.50. The second-order valence-corrected chi connectivity index (χ2v) is 7.30. The Kier molecular flexibility index (Phi) is 5.25. The first kappa shape index (κ1) is 18.0. The molecule has 1 heterocycles. The van der Waals surface area contributed by atoms with Crippen molar-refractivity contribution in [1.29, 1.82) is 0 Å². The van der Waals surface area contributed by atoms with Crippen LogP contribution in [0.25, 0.3) is 0 Å². The van der Waals surface area contributed by atoms with Gasteiger partial charge in [-0.3, -0.25) is 13.8 Å². The summed E-state index contributed by atoms with van der Waals surface area (Å²) in [7, 11) is -0.836. The van der Waals surface area contributed by atoms with Crippen LogP contribution < -0.4 is 15.4 Å². The number of hydrogen-bond donors (Lipinski definition) is 2. The molecule has 130 valence electrons. The number of nitrogens with two attached hydrogens (primary N) is 1. The van der Waals surface area contributed by atoms with Crippen LogP contribution in [0.15, 0.2) is 35.4 Å². The largest absolute Gasteiger partial charge is 0.351 e. The molecule has 0 unspecified atom stereocenters. The lowest BCUT2D eigenvalue weighted by molar-refractivity contribution is 0.0955. The maximum absolute atomic E-state index is 12.8. The van der Waals surface area contributed by atoms with E-state index in [1.165, 1.54) is 30.1 Å². The second kappa shape index (κ2) is 7.02. The minimum atomic E-state index is -3.81. The number of amides is 1. The standard InChI is InChI=1S/C15H21N5O3S/c1-11-4-6-12(7-5-11)24(22,23)20(3)15-13(10-18-19(15)2)14(21)17-9-8-16/h4-7,10H,8-9,16H2,1-3H3,(H,17,21). The molecule has 0 aliphatic rings. The highest BCUT2D eigenvalue weighted by Gasteiger charge is 2.28. The molecular formula is C15H21N5O3S. The van der Waals surface area contributed by atoms with E-state index in [1.54, 1.807) is 19.2 Å². The maximum atomic E-state index is 12.8. The molecule has 0 spiro atoms. The first-order valence-corrected chi connectivity index (χ1v) is 8.79. The summed E-state index contributed by atoms with van der Waals surface area (Å²) in [4.78, 5) is 12.4. The molecule has 3 N–H and O–H groups in total. The predicted molar refractivity (Wildman–Crippen MR) is 91.4 cm³/mol. The molecule has 0 saturated carbocycles. The quantitative estimate of drug-likeness (QED) is 0.775. The first-order chi connectivity index (χ1) is 11.3. The van der Waals surface area contributed by atoms with E-state index in [-0.39, 0.29) is 16.3 Å². The summed E-state index contributed by atoms with van der Waals surface area (Å²) in [5.74, 6) is -0.236. The summed E-state index contributed by atoms with van der Waals surface area (Å²) < 4.78 is 28.0. The molecule has 9 heteroatoms. The molecule has 2 rings (SSSR count). The van der Waals surface area contributed by atoms with Gasteiger partial charge < -0.3 is 11.1 Å². The van der Waals surface area contributed by atoms with E-state index in [2.05, 4.69) is 10.4 Å². The first-order valence-electron chi connectivity index (χ1n) is 7.35. The summed E-state index contributed by atoms with van der Waals surface area (Å²) >= 11 is 0. The third kappa shape index (κ3) is 3.41. The third-order valence-electron chi connectivity index (χ3n) is 3.56. The van der Waals surface area contributed by atoms with Gasteiger partial charge in [-0.2, -0.15) is 5.10 Å². The predicted octanol–water partition coefficient (Wildman–Crippen LogP) is 0.242. The summed E-state index contributed by atoms with van der Waals surface area (Å²) in [5, 5.41) is 6.62. The molecule has 0 saturated heterocycles. The molecule has 1 amide bonds. The van der Waals surface area contributed by atoms with Crippen molar-refractivity contribution in [1.82, 2.24) is 15.1 Å². The van der Waals surface area contributed by atoms with E-state index in [4.69, 9.17) is 5.73 Å². The van der Waals surface area contributed by atoms with Gasteiger partial charge >= 0.3 is 0 Å². The Hall–Kier alpha value is -2.39. The number of carbonyl (C=O) groups excluding carboxylic acids is 1. The number of nitrogens with one attached hydrogen (secondary N) is 1. The fraction of sp³-hybridized carbons (Fsp3) is 0.333. The van der Waals surface area contributed by atoms with Gasteiger partial charge in [-0.1, -0.05) is 17.7 Å². The third-order valence-corrected chi connectivity index (χ3v) is 5.32. The number of carbonyl (C=O) groups is 1. The van der Waals surface area contributed by atoms with Crippen LogP contribution in [0.5, 0.6) is 0 Å². The van der Waals surface area contributed by atoms with Gasteiger partial charge in [0.25, 0.3) is 15.9 Å². The summed E-state index contributed by atoms with van der Waals surface area (Å²) in [6.07, 6.45) is 1.34. The minimum Gasteiger partial charge on any atom is -0.351 e. The molecular weight excluding hydrogens is 330 g/mol. The van der Waals surface area contributed by atoms with Gasteiger partial charge in [0.05, 0.1) is 11.1 Å². The fourth-order valence-corrected chi connectivity index (χ4v) is 3.47. The Bertz CT molecular complexity index is 827. The summed E-state index contributed by atoms with van der Waals surface area (Å²) in [6.45, 7) is 2.46. The lowest BCUT2D eigenvalue weighted by Crippen LogP contribution is -2.33. The van der Waals surface area contributed by atoms with Crippen LogP contribution in [-0.4, -0.2) is 44.2 Å². The number of anilines is 1. The molecule has 0 atom stereocenters. The van der Waals surface area contributed by atoms with Crippen molar-refractivity contribution in [2.45, 2.75) is 11.8 Å². The number of aromatic nitrogens is 2. The van der Waals surface area contributed by atoms with Crippen LogP contribution in [-0.2, 0) is 17.1 Å². The van der Waals surface area contributed by atoms with Gasteiger partial charge in [0.2, 0.25) is 0 Å². The molecule has 0 fully saturated rings. The number of rotatable bonds is 6. The molecule has 0 radical (unpaired) electrons. The SMILES string of the molecule is Cc1ccc(S(=O)(=O)N(C)c2c(C(=O)NCCN)cnn2C)cc1. The number of sulfonamides is 1. The number of benzene rings is 1.